The zero-order chi connectivity index (χ0) is 20.0. The lowest BCUT2D eigenvalue weighted by Gasteiger charge is -2.38. The molecule has 3 rings (SSSR count). The van der Waals surface area contributed by atoms with Crippen LogP contribution in [0.15, 0.2) is 12.2 Å². The Labute approximate surface area is 158 Å². The molecule has 27 heavy (non-hydrogen) atoms. The number of carbonyl (C=O) groups is 3. The maximum absolute atomic E-state index is 13.0. The molecule has 0 saturated carbocycles. The number of imidazole rings is 1. The van der Waals surface area contributed by atoms with Crippen molar-refractivity contribution >= 4 is 17.8 Å². The Morgan fingerprint density at radius 1 is 1.07 bits per heavy atom. The molecular weight excluding hydrogens is 348 g/mol. The molecule has 1 aromatic rings. The topological polar surface area (TPSA) is 89.6 Å². The molecule has 0 spiro atoms. The predicted octanol–water partition coefficient (Wildman–Crippen LogP) is 1.38. The second-order valence-corrected chi connectivity index (χ2v) is 7.51. The summed E-state index contributed by atoms with van der Waals surface area (Å²) in [6, 6.07) is -0.641. The van der Waals surface area contributed by atoms with Crippen molar-refractivity contribution in [1.82, 2.24) is 14.4 Å². The minimum absolute atomic E-state index is 0.0319. The molecule has 0 N–H and O–H groups in total. The Balaban J connectivity index is 2.18. The van der Waals surface area contributed by atoms with Gasteiger partial charge in [-0.15, -0.1) is 0 Å². The van der Waals surface area contributed by atoms with Gasteiger partial charge in [0.05, 0.1) is 13.0 Å². The SMILES string of the molecule is Cc1c(C)[n+]([O-])c(C(C2CC=CCC2)C2C(=O)N(C)C(=O)N(C)C2=O)n1C. The highest BCUT2D eigenvalue weighted by Crippen LogP contribution is 2.41. The standard InChI is InChI=1S/C19H26N4O4/c1-11-12(2)23(27)16(20(11)3)14(13-9-7-6-8-10-13)15-17(24)21(4)19(26)22(5)18(15)25/h6-7,13-15H,8-10H2,1-5H3. The van der Waals surface area contributed by atoms with E-state index in [-0.39, 0.29) is 5.92 Å². The van der Waals surface area contributed by atoms with Gasteiger partial charge in [0.15, 0.2) is 0 Å². The molecule has 8 heteroatoms. The van der Waals surface area contributed by atoms with Crippen molar-refractivity contribution < 1.29 is 19.1 Å². The third kappa shape index (κ3) is 2.83. The molecule has 1 aliphatic heterocycles. The van der Waals surface area contributed by atoms with E-state index in [1.807, 2.05) is 13.0 Å². The maximum atomic E-state index is 13.0. The highest BCUT2D eigenvalue weighted by Gasteiger charge is 2.52. The highest BCUT2D eigenvalue weighted by molar-refractivity contribution is 6.16. The van der Waals surface area contributed by atoms with Gasteiger partial charge in [-0.1, -0.05) is 12.2 Å². The van der Waals surface area contributed by atoms with Gasteiger partial charge in [0.2, 0.25) is 11.8 Å². The van der Waals surface area contributed by atoms with Crippen molar-refractivity contribution in [3.63, 3.8) is 0 Å². The summed E-state index contributed by atoms with van der Waals surface area (Å²) in [6.07, 6.45) is 6.42. The summed E-state index contributed by atoms with van der Waals surface area (Å²) in [4.78, 5) is 40.1. The smallest absolute Gasteiger partial charge is 0.332 e. The zero-order valence-corrected chi connectivity index (χ0v) is 16.4. The van der Waals surface area contributed by atoms with Gasteiger partial charge in [0, 0.05) is 27.9 Å². The van der Waals surface area contributed by atoms with Gasteiger partial charge in [0.1, 0.15) is 17.3 Å². The molecule has 2 unspecified atom stereocenters. The lowest BCUT2D eigenvalue weighted by molar-refractivity contribution is -0.622. The summed E-state index contributed by atoms with van der Waals surface area (Å²) in [5.74, 6) is -2.38. The van der Waals surface area contributed by atoms with E-state index in [1.165, 1.54) is 14.1 Å². The number of barbiturate groups is 1. The Kier molecular flexibility index (Phi) is 4.84. The molecule has 2 atom stereocenters. The van der Waals surface area contributed by atoms with Crippen molar-refractivity contribution in [1.29, 1.82) is 0 Å². The van der Waals surface area contributed by atoms with E-state index >= 15 is 0 Å². The zero-order valence-electron chi connectivity index (χ0n) is 16.4. The first-order chi connectivity index (χ1) is 12.7. The molecule has 2 heterocycles. The van der Waals surface area contributed by atoms with Crippen LogP contribution in [-0.2, 0) is 16.6 Å². The molecule has 8 nitrogen and oxygen atoms in total. The van der Waals surface area contributed by atoms with Crippen LogP contribution in [0.5, 0.6) is 0 Å². The number of allylic oxidation sites excluding steroid dienone is 2. The van der Waals surface area contributed by atoms with Crippen LogP contribution < -0.4 is 4.73 Å². The summed E-state index contributed by atoms with van der Waals surface area (Å²) in [5, 5.41) is 12.9. The number of hydrogen-bond donors (Lipinski definition) is 0. The average Bonchev–Trinajstić information content (AvgIpc) is 2.86. The van der Waals surface area contributed by atoms with Crippen molar-refractivity contribution in [2.45, 2.75) is 39.0 Å². The molecule has 0 aromatic carbocycles. The summed E-state index contributed by atoms with van der Waals surface area (Å²) in [5.41, 5.74) is 1.35. The highest BCUT2D eigenvalue weighted by atomic mass is 16.5. The number of urea groups is 1. The minimum atomic E-state index is -1.08. The van der Waals surface area contributed by atoms with E-state index in [0.717, 1.165) is 33.1 Å². The Morgan fingerprint density at radius 3 is 2.11 bits per heavy atom. The van der Waals surface area contributed by atoms with E-state index in [4.69, 9.17) is 0 Å². The molecule has 2 aliphatic rings. The molecule has 1 aliphatic carbocycles. The van der Waals surface area contributed by atoms with Gasteiger partial charge in [-0.2, -0.15) is 0 Å². The number of imide groups is 2. The van der Waals surface area contributed by atoms with Gasteiger partial charge < -0.3 is 5.21 Å². The lowest BCUT2D eigenvalue weighted by Crippen LogP contribution is -2.59. The molecule has 0 bridgehead atoms. The largest absolute Gasteiger partial charge is 0.711 e. The Morgan fingerprint density at radius 2 is 1.67 bits per heavy atom. The Hall–Kier alpha value is -2.64. The first kappa shape index (κ1) is 19.1. The van der Waals surface area contributed by atoms with Crippen LogP contribution in [0.1, 0.15) is 42.4 Å². The first-order valence-electron chi connectivity index (χ1n) is 9.17. The van der Waals surface area contributed by atoms with Crippen LogP contribution in [0.4, 0.5) is 4.79 Å². The number of nitrogens with zero attached hydrogens (tertiary/aromatic N) is 4. The molecular formula is C19H26N4O4. The average molecular weight is 374 g/mol. The molecule has 4 amide bonds. The van der Waals surface area contributed by atoms with E-state index in [9.17, 15) is 19.6 Å². The third-order valence-electron chi connectivity index (χ3n) is 6.12. The van der Waals surface area contributed by atoms with Crippen LogP contribution >= 0.6 is 0 Å². The van der Waals surface area contributed by atoms with Crippen LogP contribution in [0, 0.1) is 30.9 Å². The van der Waals surface area contributed by atoms with E-state index in [0.29, 0.717) is 17.9 Å². The summed E-state index contributed by atoms with van der Waals surface area (Å²) < 4.78 is 2.62. The van der Waals surface area contributed by atoms with Crippen LogP contribution in [0.2, 0.25) is 0 Å². The second kappa shape index (κ2) is 6.83. The number of rotatable bonds is 3. The minimum Gasteiger partial charge on any atom is -0.711 e. The summed E-state index contributed by atoms with van der Waals surface area (Å²) >= 11 is 0. The Bertz CT molecular complexity index is 792. The molecule has 1 fully saturated rings. The monoisotopic (exact) mass is 374 g/mol. The molecule has 1 saturated heterocycles. The van der Waals surface area contributed by atoms with E-state index < -0.39 is 29.7 Å². The predicted molar refractivity (Wildman–Crippen MR) is 97.5 cm³/mol. The summed E-state index contributed by atoms with van der Waals surface area (Å²) in [6.45, 7) is 3.58. The van der Waals surface area contributed by atoms with Crippen molar-refractivity contribution in [2.24, 2.45) is 18.9 Å². The van der Waals surface area contributed by atoms with Gasteiger partial charge in [-0.05, 0) is 25.2 Å². The fraction of sp³-hybridized carbons (Fsp3) is 0.579. The first-order valence-corrected chi connectivity index (χ1v) is 9.17. The number of carbonyl (C=O) groups excluding carboxylic acids is 3. The van der Waals surface area contributed by atoms with Gasteiger partial charge in [0.25, 0.3) is 5.82 Å². The van der Waals surface area contributed by atoms with Gasteiger partial charge >= 0.3 is 6.03 Å². The molecule has 0 radical (unpaired) electrons. The second-order valence-electron chi connectivity index (χ2n) is 7.51. The van der Waals surface area contributed by atoms with E-state index in [2.05, 4.69) is 6.08 Å². The molecule has 1 aromatic heterocycles. The third-order valence-corrected chi connectivity index (χ3v) is 6.12. The van der Waals surface area contributed by atoms with Crippen LogP contribution in [-0.4, -0.2) is 46.3 Å². The van der Waals surface area contributed by atoms with Crippen molar-refractivity contribution in [2.75, 3.05) is 14.1 Å². The fourth-order valence-electron chi connectivity index (χ4n) is 4.25. The number of hydrogen-bond acceptors (Lipinski definition) is 4. The normalized spacial score (nSPS) is 22.7. The van der Waals surface area contributed by atoms with Gasteiger partial charge in [-0.3, -0.25) is 19.4 Å². The van der Waals surface area contributed by atoms with Crippen LogP contribution in [0.3, 0.4) is 0 Å². The molecule has 146 valence electrons. The quantitative estimate of drug-likeness (QED) is 0.346. The maximum Gasteiger partial charge on any atom is 0.332 e. The van der Waals surface area contributed by atoms with E-state index in [1.54, 1.807) is 18.5 Å². The van der Waals surface area contributed by atoms with Gasteiger partial charge in [-0.25, -0.2) is 14.1 Å². The van der Waals surface area contributed by atoms with Crippen LogP contribution in [0.25, 0.3) is 0 Å². The lowest BCUT2D eigenvalue weighted by atomic mass is 9.73. The number of amides is 4. The van der Waals surface area contributed by atoms with Crippen molar-refractivity contribution in [3.05, 3.63) is 34.6 Å². The summed E-state index contributed by atoms with van der Waals surface area (Å²) in [7, 11) is 4.55. The van der Waals surface area contributed by atoms with Crippen molar-refractivity contribution in [3.8, 4) is 0 Å². The fourth-order valence-corrected chi connectivity index (χ4v) is 4.25. The number of aromatic nitrogens is 2.